The maximum Gasteiger partial charge on any atom is 0.273 e. The summed E-state index contributed by atoms with van der Waals surface area (Å²) >= 11 is 0. The van der Waals surface area contributed by atoms with Gasteiger partial charge in [0.2, 0.25) is 5.91 Å². The number of amides is 1. The van der Waals surface area contributed by atoms with Crippen LogP contribution in [0.1, 0.15) is 26.2 Å². The first-order valence-corrected chi connectivity index (χ1v) is 8.72. The first-order chi connectivity index (χ1) is 12.0. The number of piperidine rings is 1. The van der Waals surface area contributed by atoms with Gasteiger partial charge in [0.05, 0.1) is 17.3 Å². The standard InChI is InChI=1S/C18H24N4O3/c1-12-6-8-21(13(10-12)11-19)16(23)7-9-22-18(25)15-5-3-2-4-14(15)17(24)20-22/h2-5,12-13H,6-11,19H2,1H3,(H,20,24). The van der Waals surface area contributed by atoms with Crippen molar-refractivity contribution in [3.05, 3.63) is 45.0 Å². The fraction of sp³-hybridized carbons (Fsp3) is 0.500. The molecule has 3 N–H and O–H groups in total. The highest BCUT2D eigenvalue weighted by Crippen LogP contribution is 2.22. The van der Waals surface area contributed by atoms with Gasteiger partial charge in [-0.15, -0.1) is 0 Å². The normalized spacial score (nSPS) is 20.8. The van der Waals surface area contributed by atoms with Gasteiger partial charge in [-0.25, -0.2) is 4.68 Å². The molecule has 1 aliphatic rings. The van der Waals surface area contributed by atoms with Crippen molar-refractivity contribution in [1.29, 1.82) is 0 Å². The zero-order valence-corrected chi connectivity index (χ0v) is 14.4. The third-order valence-corrected chi connectivity index (χ3v) is 5.00. The Bertz CT molecular complexity index is 886. The number of fused-ring (bicyclic) bond motifs is 1. The van der Waals surface area contributed by atoms with Crippen molar-refractivity contribution in [2.24, 2.45) is 11.7 Å². The summed E-state index contributed by atoms with van der Waals surface area (Å²) in [5, 5.41) is 3.29. The number of nitrogens with zero attached hydrogens (tertiary/aromatic N) is 2. The number of benzene rings is 1. The van der Waals surface area contributed by atoms with E-state index in [-0.39, 0.29) is 36.0 Å². The average Bonchev–Trinajstić information content (AvgIpc) is 2.63. The van der Waals surface area contributed by atoms with Crippen molar-refractivity contribution in [2.75, 3.05) is 13.1 Å². The highest BCUT2D eigenvalue weighted by Gasteiger charge is 2.28. The minimum absolute atomic E-state index is 0.0248. The van der Waals surface area contributed by atoms with Gasteiger partial charge in [-0.05, 0) is 30.9 Å². The molecule has 0 saturated carbocycles. The Morgan fingerprint density at radius 1 is 1.28 bits per heavy atom. The van der Waals surface area contributed by atoms with Gasteiger partial charge in [0.1, 0.15) is 0 Å². The Morgan fingerprint density at radius 2 is 2.00 bits per heavy atom. The summed E-state index contributed by atoms with van der Waals surface area (Å²) in [5.74, 6) is 0.542. The van der Waals surface area contributed by atoms with Crippen LogP contribution < -0.4 is 16.9 Å². The largest absolute Gasteiger partial charge is 0.338 e. The fourth-order valence-corrected chi connectivity index (χ4v) is 3.56. The van der Waals surface area contributed by atoms with Crippen LogP contribution in [0, 0.1) is 5.92 Å². The Kier molecular flexibility index (Phi) is 5.03. The number of aromatic nitrogens is 2. The van der Waals surface area contributed by atoms with E-state index in [0.717, 1.165) is 12.8 Å². The summed E-state index contributed by atoms with van der Waals surface area (Å²) in [5.41, 5.74) is 5.20. The Morgan fingerprint density at radius 3 is 2.72 bits per heavy atom. The van der Waals surface area contributed by atoms with E-state index in [4.69, 9.17) is 5.73 Å². The van der Waals surface area contributed by atoms with Gasteiger partial charge in [-0.2, -0.15) is 0 Å². The molecule has 1 aromatic carbocycles. The van der Waals surface area contributed by atoms with E-state index >= 15 is 0 Å². The first kappa shape index (κ1) is 17.4. The number of hydrogen-bond donors (Lipinski definition) is 2. The van der Waals surface area contributed by atoms with Crippen LogP contribution in [0.4, 0.5) is 0 Å². The van der Waals surface area contributed by atoms with Gasteiger partial charge in [0.25, 0.3) is 11.1 Å². The fourth-order valence-electron chi connectivity index (χ4n) is 3.56. The average molecular weight is 344 g/mol. The highest BCUT2D eigenvalue weighted by molar-refractivity contribution is 5.80. The van der Waals surface area contributed by atoms with Gasteiger partial charge in [-0.3, -0.25) is 19.5 Å². The zero-order valence-electron chi connectivity index (χ0n) is 14.4. The molecule has 0 bridgehead atoms. The van der Waals surface area contributed by atoms with E-state index in [9.17, 15) is 14.4 Å². The number of rotatable bonds is 4. The second-order valence-corrected chi connectivity index (χ2v) is 6.80. The molecule has 1 amide bonds. The van der Waals surface area contributed by atoms with Gasteiger partial charge in [0.15, 0.2) is 0 Å². The lowest BCUT2D eigenvalue weighted by Crippen LogP contribution is -2.49. The molecular formula is C18H24N4O3. The molecule has 7 heteroatoms. The van der Waals surface area contributed by atoms with Gasteiger partial charge < -0.3 is 10.6 Å². The maximum absolute atomic E-state index is 12.6. The van der Waals surface area contributed by atoms with Crippen LogP contribution in [0.25, 0.3) is 10.8 Å². The van der Waals surface area contributed by atoms with E-state index in [0.29, 0.717) is 29.8 Å². The van der Waals surface area contributed by atoms with Crippen molar-refractivity contribution in [3.63, 3.8) is 0 Å². The van der Waals surface area contributed by atoms with E-state index < -0.39 is 0 Å². The Hall–Kier alpha value is -2.41. The van der Waals surface area contributed by atoms with E-state index in [1.165, 1.54) is 4.68 Å². The van der Waals surface area contributed by atoms with Gasteiger partial charge in [0, 0.05) is 25.6 Å². The molecule has 2 aromatic rings. The molecular weight excluding hydrogens is 320 g/mol. The zero-order chi connectivity index (χ0) is 18.0. The SMILES string of the molecule is CC1CCN(C(=O)CCn2[nH]c(=O)c3ccccc3c2=O)C(CN)C1. The van der Waals surface area contributed by atoms with Crippen LogP contribution in [-0.4, -0.2) is 39.7 Å². The molecule has 2 atom stereocenters. The van der Waals surface area contributed by atoms with Gasteiger partial charge >= 0.3 is 0 Å². The molecule has 1 saturated heterocycles. The second kappa shape index (κ2) is 7.23. The van der Waals surface area contributed by atoms with E-state index in [1.54, 1.807) is 24.3 Å². The van der Waals surface area contributed by atoms with E-state index in [2.05, 4.69) is 12.0 Å². The quantitative estimate of drug-likeness (QED) is 0.851. The predicted molar refractivity (Wildman–Crippen MR) is 96.4 cm³/mol. The lowest BCUT2D eigenvalue weighted by molar-refractivity contribution is -0.135. The molecule has 1 aromatic heterocycles. The third kappa shape index (κ3) is 3.51. The molecule has 3 rings (SSSR count). The Labute approximate surface area is 145 Å². The molecule has 7 nitrogen and oxygen atoms in total. The molecule has 2 unspecified atom stereocenters. The minimum Gasteiger partial charge on any atom is -0.338 e. The third-order valence-electron chi connectivity index (χ3n) is 5.00. The summed E-state index contributed by atoms with van der Waals surface area (Å²) in [6, 6.07) is 6.74. The Balaban J connectivity index is 1.76. The number of hydrogen-bond acceptors (Lipinski definition) is 4. The topological polar surface area (TPSA) is 101 Å². The highest BCUT2D eigenvalue weighted by atomic mass is 16.2. The number of nitrogens with one attached hydrogen (secondary N) is 1. The lowest BCUT2D eigenvalue weighted by Gasteiger charge is -2.38. The molecule has 0 spiro atoms. The van der Waals surface area contributed by atoms with Crippen LogP contribution in [0.3, 0.4) is 0 Å². The lowest BCUT2D eigenvalue weighted by atomic mass is 9.92. The summed E-state index contributed by atoms with van der Waals surface area (Å²) in [7, 11) is 0. The maximum atomic E-state index is 12.6. The number of carbonyl (C=O) groups excluding carboxylic acids is 1. The number of likely N-dealkylation sites (tertiary alicyclic amines) is 1. The van der Waals surface area contributed by atoms with Gasteiger partial charge in [-0.1, -0.05) is 19.1 Å². The smallest absolute Gasteiger partial charge is 0.273 e. The van der Waals surface area contributed by atoms with Crippen LogP contribution in [0.2, 0.25) is 0 Å². The van der Waals surface area contributed by atoms with Crippen LogP contribution >= 0.6 is 0 Å². The number of aromatic amines is 1. The molecule has 0 radical (unpaired) electrons. The summed E-state index contributed by atoms with van der Waals surface area (Å²) in [6.45, 7) is 3.47. The summed E-state index contributed by atoms with van der Waals surface area (Å²) < 4.78 is 1.23. The van der Waals surface area contributed by atoms with Crippen molar-refractivity contribution < 1.29 is 4.79 Å². The van der Waals surface area contributed by atoms with Crippen LogP contribution in [-0.2, 0) is 11.3 Å². The number of aryl methyl sites for hydroxylation is 1. The number of H-pyrrole nitrogens is 1. The summed E-state index contributed by atoms with van der Waals surface area (Å²) in [6.07, 6.45) is 2.04. The van der Waals surface area contributed by atoms with Crippen molar-refractivity contribution in [2.45, 2.75) is 38.8 Å². The molecule has 134 valence electrons. The van der Waals surface area contributed by atoms with Crippen molar-refractivity contribution in [3.8, 4) is 0 Å². The second-order valence-electron chi connectivity index (χ2n) is 6.80. The summed E-state index contributed by atoms with van der Waals surface area (Å²) in [4.78, 5) is 39.0. The molecule has 1 aliphatic heterocycles. The molecule has 25 heavy (non-hydrogen) atoms. The molecule has 1 fully saturated rings. The monoisotopic (exact) mass is 344 g/mol. The number of carbonyl (C=O) groups is 1. The van der Waals surface area contributed by atoms with Crippen LogP contribution in [0.15, 0.2) is 33.9 Å². The van der Waals surface area contributed by atoms with Crippen LogP contribution in [0.5, 0.6) is 0 Å². The molecule has 0 aliphatic carbocycles. The first-order valence-electron chi connectivity index (χ1n) is 8.72. The minimum atomic E-state index is -0.325. The predicted octanol–water partition coefficient (Wildman–Crippen LogP) is 0.666. The van der Waals surface area contributed by atoms with Crippen molar-refractivity contribution in [1.82, 2.24) is 14.7 Å². The molecule has 2 heterocycles. The van der Waals surface area contributed by atoms with E-state index in [1.807, 2.05) is 4.90 Å². The van der Waals surface area contributed by atoms with Crippen molar-refractivity contribution >= 4 is 16.7 Å². The number of nitrogens with two attached hydrogens (primary N) is 1.